The van der Waals surface area contributed by atoms with E-state index in [-0.39, 0.29) is 12.4 Å². The van der Waals surface area contributed by atoms with Gasteiger partial charge in [-0.2, -0.15) is 5.10 Å². The van der Waals surface area contributed by atoms with Crippen molar-refractivity contribution in [1.29, 1.82) is 0 Å². The molecule has 2 aromatic carbocycles. The third-order valence-corrected chi connectivity index (χ3v) is 3.99. The van der Waals surface area contributed by atoms with Gasteiger partial charge in [-0.3, -0.25) is 0 Å². The zero-order valence-electron chi connectivity index (χ0n) is 13.3. The SMILES string of the molecule is OCc1cccc(-c2ccn3nccc(Oc4ccccc4F)c23)c1. The van der Waals surface area contributed by atoms with Crippen molar-refractivity contribution in [1.82, 2.24) is 9.61 Å². The van der Waals surface area contributed by atoms with Crippen LogP contribution in [0, 0.1) is 5.82 Å². The fourth-order valence-corrected chi connectivity index (χ4v) is 2.81. The van der Waals surface area contributed by atoms with E-state index in [0.29, 0.717) is 5.75 Å². The lowest BCUT2D eigenvalue weighted by molar-refractivity contribution is 0.282. The van der Waals surface area contributed by atoms with Crippen molar-refractivity contribution in [2.45, 2.75) is 6.61 Å². The van der Waals surface area contributed by atoms with Crippen molar-refractivity contribution in [2.24, 2.45) is 0 Å². The number of nitrogens with zero attached hydrogens (tertiary/aromatic N) is 2. The number of rotatable bonds is 4. The molecule has 4 aromatic rings. The van der Waals surface area contributed by atoms with Crippen LogP contribution in [0.1, 0.15) is 5.56 Å². The second-order valence-electron chi connectivity index (χ2n) is 5.61. The summed E-state index contributed by atoms with van der Waals surface area (Å²) in [6.45, 7) is -0.0313. The Labute approximate surface area is 143 Å². The molecule has 0 saturated heterocycles. The Morgan fingerprint density at radius 1 is 1.00 bits per heavy atom. The number of aliphatic hydroxyl groups excluding tert-OH is 1. The molecule has 2 aromatic heterocycles. The minimum absolute atomic E-state index is 0.0313. The highest BCUT2D eigenvalue weighted by molar-refractivity contribution is 5.85. The lowest BCUT2D eigenvalue weighted by Crippen LogP contribution is -1.95. The molecule has 0 saturated carbocycles. The minimum Gasteiger partial charge on any atom is -0.452 e. The van der Waals surface area contributed by atoms with Gasteiger partial charge in [-0.25, -0.2) is 8.91 Å². The van der Waals surface area contributed by atoms with E-state index in [1.54, 1.807) is 35.0 Å². The Morgan fingerprint density at radius 3 is 2.72 bits per heavy atom. The van der Waals surface area contributed by atoms with Crippen LogP contribution in [0.4, 0.5) is 4.39 Å². The average Bonchev–Trinajstić information content (AvgIpc) is 3.09. The first-order valence-electron chi connectivity index (χ1n) is 7.85. The molecular weight excluding hydrogens is 319 g/mol. The van der Waals surface area contributed by atoms with Crippen molar-refractivity contribution >= 4 is 5.52 Å². The highest BCUT2D eigenvalue weighted by atomic mass is 19.1. The summed E-state index contributed by atoms with van der Waals surface area (Å²) < 4.78 is 21.5. The van der Waals surface area contributed by atoms with Gasteiger partial charge in [0.2, 0.25) is 0 Å². The number of hydrogen-bond acceptors (Lipinski definition) is 3. The fraction of sp³-hybridized carbons (Fsp3) is 0.0500. The van der Waals surface area contributed by atoms with Gasteiger partial charge in [0.15, 0.2) is 17.3 Å². The molecule has 0 fully saturated rings. The van der Waals surface area contributed by atoms with Gasteiger partial charge < -0.3 is 9.84 Å². The van der Waals surface area contributed by atoms with E-state index in [9.17, 15) is 9.50 Å². The number of halogens is 1. The number of benzene rings is 2. The van der Waals surface area contributed by atoms with E-state index in [0.717, 1.165) is 22.2 Å². The van der Waals surface area contributed by atoms with Gasteiger partial charge >= 0.3 is 0 Å². The molecule has 0 aliphatic carbocycles. The van der Waals surface area contributed by atoms with Crippen LogP contribution < -0.4 is 4.74 Å². The van der Waals surface area contributed by atoms with Crippen molar-refractivity contribution in [3.63, 3.8) is 0 Å². The summed E-state index contributed by atoms with van der Waals surface area (Å²) in [5.74, 6) is 0.245. The molecule has 4 nitrogen and oxygen atoms in total. The second-order valence-corrected chi connectivity index (χ2v) is 5.61. The van der Waals surface area contributed by atoms with Gasteiger partial charge in [-0.05, 0) is 35.4 Å². The van der Waals surface area contributed by atoms with Gasteiger partial charge in [0, 0.05) is 17.8 Å². The third-order valence-electron chi connectivity index (χ3n) is 3.99. The van der Waals surface area contributed by atoms with Crippen molar-refractivity contribution in [3.05, 3.63) is 84.4 Å². The van der Waals surface area contributed by atoms with Crippen molar-refractivity contribution in [2.75, 3.05) is 0 Å². The summed E-state index contributed by atoms with van der Waals surface area (Å²) in [6.07, 6.45) is 3.43. The molecule has 0 spiro atoms. The fourth-order valence-electron chi connectivity index (χ4n) is 2.81. The molecule has 124 valence electrons. The van der Waals surface area contributed by atoms with Gasteiger partial charge in [-0.15, -0.1) is 0 Å². The molecule has 0 amide bonds. The molecule has 0 unspecified atom stereocenters. The predicted octanol–water partition coefficient (Wildman–Crippen LogP) is 4.43. The minimum atomic E-state index is -0.423. The van der Waals surface area contributed by atoms with Gasteiger partial charge in [-0.1, -0.05) is 30.3 Å². The van der Waals surface area contributed by atoms with Crippen molar-refractivity contribution in [3.8, 4) is 22.6 Å². The first-order chi connectivity index (χ1) is 12.3. The van der Waals surface area contributed by atoms with E-state index in [4.69, 9.17) is 4.74 Å². The Hall–Kier alpha value is -3.18. The number of aliphatic hydroxyl groups is 1. The zero-order valence-corrected chi connectivity index (χ0v) is 13.3. The standard InChI is InChI=1S/C20H15FN2O2/c21-17-6-1-2-7-18(17)25-19-8-10-22-23-11-9-16(20(19)23)15-5-3-4-14(12-15)13-24/h1-12,24H,13H2. The molecule has 0 bridgehead atoms. The molecule has 4 rings (SSSR count). The average molecular weight is 334 g/mol. The largest absolute Gasteiger partial charge is 0.452 e. The second kappa shape index (κ2) is 6.37. The number of aromatic nitrogens is 2. The van der Waals surface area contributed by atoms with E-state index in [2.05, 4.69) is 5.10 Å². The first-order valence-corrected chi connectivity index (χ1v) is 7.85. The first kappa shape index (κ1) is 15.4. The molecule has 25 heavy (non-hydrogen) atoms. The summed E-state index contributed by atoms with van der Waals surface area (Å²) in [7, 11) is 0. The predicted molar refractivity (Wildman–Crippen MR) is 93.0 cm³/mol. The summed E-state index contributed by atoms with van der Waals surface area (Å²) in [5, 5.41) is 13.7. The van der Waals surface area contributed by atoms with Crippen LogP contribution in [0.5, 0.6) is 11.5 Å². The molecule has 1 N–H and O–H groups in total. The van der Waals surface area contributed by atoms with E-state index >= 15 is 0 Å². The zero-order chi connectivity index (χ0) is 17.2. The number of hydrogen-bond donors (Lipinski definition) is 1. The van der Waals surface area contributed by atoms with E-state index < -0.39 is 5.82 Å². The third kappa shape index (κ3) is 2.86. The van der Waals surface area contributed by atoms with Gasteiger partial charge in [0.25, 0.3) is 0 Å². The molecule has 0 atom stereocenters. The van der Waals surface area contributed by atoms with Crippen LogP contribution in [0.2, 0.25) is 0 Å². The lowest BCUT2D eigenvalue weighted by atomic mass is 10.0. The van der Waals surface area contributed by atoms with Crippen LogP contribution in [0.15, 0.2) is 73.1 Å². The summed E-state index contributed by atoms with van der Waals surface area (Å²) in [4.78, 5) is 0. The van der Waals surface area contributed by atoms with E-state index in [1.165, 1.54) is 6.07 Å². The van der Waals surface area contributed by atoms with Crippen LogP contribution >= 0.6 is 0 Å². The highest BCUT2D eigenvalue weighted by Crippen LogP contribution is 2.35. The number of para-hydroxylation sites is 1. The Bertz CT molecular complexity index is 1040. The Balaban J connectivity index is 1.86. The normalized spacial score (nSPS) is 11.0. The van der Waals surface area contributed by atoms with Crippen LogP contribution in [0.3, 0.4) is 0 Å². The summed E-state index contributed by atoms with van der Waals surface area (Å²) in [5.41, 5.74) is 3.38. The highest BCUT2D eigenvalue weighted by Gasteiger charge is 2.14. The monoisotopic (exact) mass is 334 g/mol. The van der Waals surface area contributed by atoms with E-state index in [1.807, 2.05) is 36.5 Å². The molecule has 5 heteroatoms. The van der Waals surface area contributed by atoms with Crippen LogP contribution in [-0.2, 0) is 6.61 Å². The number of fused-ring (bicyclic) bond motifs is 1. The molecule has 0 radical (unpaired) electrons. The maximum Gasteiger partial charge on any atom is 0.165 e. The van der Waals surface area contributed by atoms with Gasteiger partial charge in [0.05, 0.1) is 12.8 Å². The van der Waals surface area contributed by atoms with Crippen LogP contribution in [-0.4, -0.2) is 14.7 Å². The maximum absolute atomic E-state index is 13.9. The summed E-state index contributed by atoms with van der Waals surface area (Å²) >= 11 is 0. The van der Waals surface area contributed by atoms with Gasteiger partial charge in [0.1, 0.15) is 5.52 Å². The quantitative estimate of drug-likeness (QED) is 0.601. The molecule has 0 aliphatic heterocycles. The summed E-state index contributed by atoms with van der Waals surface area (Å²) in [6, 6.07) is 17.5. The maximum atomic E-state index is 13.9. The molecule has 0 aliphatic rings. The molecule has 2 heterocycles. The Morgan fingerprint density at radius 2 is 1.88 bits per heavy atom. The smallest absolute Gasteiger partial charge is 0.165 e. The topological polar surface area (TPSA) is 46.8 Å². The number of ether oxygens (including phenoxy) is 1. The van der Waals surface area contributed by atoms with Crippen molar-refractivity contribution < 1.29 is 14.2 Å². The lowest BCUT2D eigenvalue weighted by Gasteiger charge is -2.10. The van der Waals surface area contributed by atoms with Crippen LogP contribution in [0.25, 0.3) is 16.6 Å². The Kier molecular flexibility index (Phi) is 3.91. The molecular formula is C20H15FN2O2.